The molecule has 1 aromatic rings. The first-order valence-electron chi connectivity index (χ1n) is 5.93. The van der Waals surface area contributed by atoms with Gasteiger partial charge in [-0.05, 0) is 26.0 Å². The zero-order chi connectivity index (χ0) is 13.5. The zero-order valence-electron chi connectivity index (χ0n) is 11.0. The van der Waals surface area contributed by atoms with Crippen LogP contribution in [0.4, 0.5) is 11.4 Å². The molecule has 0 unspecified atom stereocenters. The summed E-state index contributed by atoms with van der Waals surface area (Å²) in [6, 6.07) is 3.59. The third-order valence-electron chi connectivity index (χ3n) is 2.24. The predicted octanol–water partition coefficient (Wildman–Crippen LogP) is 2.46. The van der Waals surface area contributed by atoms with E-state index in [4.69, 9.17) is 11.2 Å². The Hall–Kier alpha value is -2.15. The molecular weight excluding hydrogens is 228 g/mol. The highest BCUT2D eigenvalue weighted by atomic mass is 16.5. The summed E-state index contributed by atoms with van der Waals surface area (Å²) in [6.45, 7) is 6.74. The van der Waals surface area contributed by atoms with E-state index >= 15 is 0 Å². The molecule has 0 aliphatic carbocycles. The molecule has 0 saturated carbocycles. The van der Waals surface area contributed by atoms with E-state index in [1.807, 2.05) is 13.8 Å². The van der Waals surface area contributed by atoms with E-state index in [-0.39, 0.29) is 5.97 Å². The number of terminal acetylenes is 1. The molecule has 4 heteroatoms. The van der Waals surface area contributed by atoms with Crippen LogP contribution in [-0.4, -0.2) is 19.1 Å². The van der Waals surface area contributed by atoms with Gasteiger partial charge in [0.15, 0.2) is 5.75 Å². The van der Waals surface area contributed by atoms with Crippen LogP contribution in [0.2, 0.25) is 0 Å². The van der Waals surface area contributed by atoms with Crippen molar-refractivity contribution in [2.75, 3.05) is 23.7 Å². The molecule has 0 fully saturated rings. The minimum atomic E-state index is -0.359. The summed E-state index contributed by atoms with van der Waals surface area (Å²) in [4.78, 5) is 11.2. The average Bonchev–Trinajstić information content (AvgIpc) is 2.33. The van der Waals surface area contributed by atoms with Gasteiger partial charge < -0.3 is 15.4 Å². The summed E-state index contributed by atoms with van der Waals surface area (Å²) in [7, 11) is 0. The smallest absolute Gasteiger partial charge is 0.308 e. The number of hydrogen-bond donors (Lipinski definition) is 2. The van der Waals surface area contributed by atoms with Crippen molar-refractivity contribution in [3.8, 4) is 18.1 Å². The summed E-state index contributed by atoms with van der Waals surface area (Å²) in [5.41, 5.74) is 2.18. The van der Waals surface area contributed by atoms with Crippen molar-refractivity contribution in [3.05, 3.63) is 17.7 Å². The van der Waals surface area contributed by atoms with E-state index in [9.17, 15) is 4.79 Å². The van der Waals surface area contributed by atoms with Gasteiger partial charge in [-0.1, -0.05) is 5.92 Å². The molecular formula is C14H18N2O2. The maximum absolute atomic E-state index is 11.2. The molecule has 1 rings (SSSR count). The number of nitrogens with one attached hydrogen (secondary N) is 2. The number of rotatable bonds is 5. The van der Waals surface area contributed by atoms with E-state index in [0.717, 1.165) is 16.9 Å². The molecule has 0 amide bonds. The first kappa shape index (κ1) is 13.9. The first-order chi connectivity index (χ1) is 8.62. The Kier molecular flexibility index (Phi) is 5.06. The molecule has 0 atom stereocenters. The largest absolute Gasteiger partial charge is 0.422 e. The van der Waals surface area contributed by atoms with Gasteiger partial charge in [0, 0.05) is 25.6 Å². The van der Waals surface area contributed by atoms with Gasteiger partial charge in [0.25, 0.3) is 0 Å². The molecule has 96 valence electrons. The Morgan fingerprint density at radius 2 is 1.78 bits per heavy atom. The van der Waals surface area contributed by atoms with Crippen LogP contribution in [0.25, 0.3) is 0 Å². The molecule has 0 aromatic heterocycles. The lowest BCUT2D eigenvalue weighted by Gasteiger charge is -2.16. The highest BCUT2D eigenvalue weighted by Crippen LogP contribution is 2.35. The molecule has 4 nitrogen and oxygen atoms in total. The SMILES string of the molecule is C#Cc1cc(NCC)c(OC(C)=O)c(NCC)c1. The monoisotopic (exact) mass is 246 g/mol. The van der Waals surface area contributed by atoms with Crippen molar-refractivity contribution in [1.82, 2.24) is 0 Å². The van der Waals surface area contributed by atoms with E-state index < -0.39 is 0 Å². The minimum Gasteiger partial charge on any atom is -0.422 e. The maximum Gasteiger partial charge on any atom is 0.308 e. The number of benzene rings is 1. The van der Waals surface area contributed by atoms with Crippen LogP contribution in [0.15, 0.2) is 12.1 Å². The lowest BCUT2D eigenvalue weighted by atomic mass is 10.1. The molecule has 0 saturated heterocycles. The maximum atomic E-state index is 11.2. The number of esters is 1. The van der Waals surface area contributed by atoms with Gasteiger partial charge in [0.2, 0.25) is 0 Å². The van der Waals surface area contributed by atoms with Crippen molar-refractivity contribution < 1.29 is 9.53 Å². The van der Waals surface area contributed by atoms with Crippen molar-refractivity contribution in [2.45, 2.75) is 20.8 Å². The molecule has 0 radical (unpaired) electrons. The highest BCUT2D eigenvalue weighted by Gasteiger charge is 2.13. The Balaban J connectivity index is 3.30. The molecule has 0 bridgehead atoms. The van der Waals surface area contributed by atoms with Gasteiger partial charge >= 0.3 is 5.97 Å². The molecule has 2 N–H and O–H groups in total. The Morgan fingerprint density at radius 3 is 2.11 bits per heavy atom. The second kappa shape index (κ2) is 6.55. The predicted molar refractivity (Wildman–Crippen MR) is 74.0 cm³/mol. The van der Waals surface area contributed by atoms with E-state index in [1.54, 1.807) is 12.1 Å². The van der Waals surface area contributed by atoms with E-state index in [1.165, 1.54) is 6.92 Å². The van der Waals surface area contributed by atoms with E-state index in [2.05, 4.69) is 16.6 Å². The van der Waals surface area contributed by atoms with Gasteiger partial charge in [-0.3, -0.25) is 4.79 Å². The van der Waals surface area contributed by atoms with Gasteiger partial charge in [-0.15, -0.1) is 6.42 Å². The van der Waals surface area contributed by atoms with Crippen LogP contribution in [0.3, 0.4) is 0 Å². The fourth-order valence-electron chi connectivity index (χ4n) is 1.61. The number of carbonyl (C=O) groups excluding carboxylic acids is 1. The molecule has 1 aromatic carbocycles. The number of carbonyl (C=O) groups is 1. The molecule has 0 heterocycles. The first-order valence-corrected chi connectivity index (χ1v) is 5.93. The highest BCUT2D eigenvalue weighted by molar-refractivity contribution is 5.80. The van der Waals surface area contributed by atoms with Gasteiger partial charge in [-0.25, -0.2) is 0 Å². The van der Waals surface area contributed by atoms with Gasteiger partial charge in [0.1, 0.15) is 0 Å². The number of hydrogen-bond acceptors (Lipinski definition) is 4. The summed E-state index contributed by atoms with van der Waals surface area (Å²) in [5, 5.41) is 6.28. The van der Waals surface area contributed by atoms with Crippen LogP contribution in [0, 0.1) is 12.3 Å². The Morgan fingerprint density at radius 1 is 1.28 bits per heavy atom. The van der Waals surface area contributed by atoms with Crippen molar-refractivity contribution in [3.63, 3.8) is 0 Å². The van der Waals surface area contributed by atoms with Crippen LogP contribution in [0.5, 0.6) is 5.75 Å². The van der Waals surface area contributed by atoms with Gasteiger partial charge in [-0.2, -0.15) is 0 Å². The second-order valence-electron chi connectivity index (χ2n) is 3.70. The van der Waals surface area contributed by atoms with Crippen molar-refractivity contribution in [1.29, 1.82) is 0 Å². The second-order valence-corrected chi connectivity index (χ2v) is 3.70. The number of anilines is 2. The molecule has 0 spiro atoms. The topological polar surface area (TPSA) is 50.4 Å². The Bertz CT molecular complexity index is 448. The fraction of sp³-hybridized carbons (Fsp3) is 0.357. The average molecular weight is 246 g/mol. The third-order valence-corrected chi connectivity index (χ3v) is 2.24. The fourth-order valence-corrected chi connectivity index (χ4v) is 1.61. The normalized spacial score (nSPS) is 9.44. The number of ether oxygens (including phenoxy) is 1. The summed E-state index contributed by atoms with van der Waals surface area (Å²) in [6.07, 6.45) is 5.42. The molecule has 18 heavy (non-hydrogen) atoms. The van der Waals surface area contributed by atoms with Gasteiger partial charge in [0.05, 0.1) is 11.4 Å². The summed E-state index contributed by atoms with van der Waals surface area (Å²) < 4.78 is 5.25. The molecule has 0 aliphatic rings. The Labute approximate surface area is 108 Å². The zero-order valence-corrected chi connectivity index (χ0v) is 11.0. The standard InChI is InChI=1S/C14H18N2O2/c1-5-11-8-12(15-6-2)14(18-10(4)17)13(9-11)16-7-3/h1,8-9,15-16H,6-7H2,2-4H3. The third kappa shape index (κ3) is 3.42. The van der Waals surface area contributed by atoms with Crippen LogP contribution in [0.1, 0.15) is 26.3 Å². The quantitative estimate of drug-likeness (QED) is 0.476. The van der Waals surface area contributed by atoms with Crippen LogP contribution in [-0.2, 0) is 4.79 Å². The van der Waals surface area contributed by atoms with Crippen LogP contribution < -0.4 is 15.4 Å². The lowest BCUT2D eigenvalue weighted by molar-refractivity contribution is -0.131. The minimum absolute atomic E-state index is 0.359. The summed E-state index contributed by atoms with van der Waals surface area (Å²) in [5.74, 6) is 2.72. The van der Waals surface area contributed by atoms with Crippen molar-refractivity contribution in [2.24, 2.45) is 0 Å². The molecule has 0 aliphatic heterocycles. The van der Waals surface area contributed by atoms with Crippen molar-refractivity contribution >= 4 is 17.3 Å². The van der Waals surface area contributed by atoms with E-state index in [0.29, 0.717) is 18.8 Å². The van der Waals surface area contributed by atoms with Crippen LogP contribution >= 0.6 is 0 Å². The summed E-state index contributed by atoms with van der Waals surface area (Å²) >= 11 is 0. The lowest BCUT2D eigenvalue weighted by Crippen LogP contribution is -2.10.